The lowest BCUT2D eigenvalue weighted by Gasteiger charge is -2.18. The molecule has 2 heteroatoms. The molecule has 0 amide bonds. The number of aliphatic hydroxyl groups excluding tert-OH is 1. The molecule has 0 bridgehead atoms. The number of hydrogen-bond donors (Lipinski definition) is 2. The highest BCUT2D eigenvalue weighted by atomic mass is 16.3. The third kappa shape index (κ3) is 2.63. The van der Waals surface area contributed by atoms with Gasteiger partial charge in [0.15, 0.2) is 0 Å². The van der Waals surface area contributed by atoms with E-state index in [1.165, 1.54) is 0 Å². The molecule has 0 aliphatic carbocycles. The summed E-state index contributed by atoms with van der Waals surface area (Å²) in [6.45, 7) is 7.37. The third-order valence-corrected chi connectivity index (χ3v) is 1.32. The first-order valence-electron chi connectivity index (χ1n) is 3.10. The van der Waals surface area contributed by atoms with Crippen molar-refractivity contribution in [1.82, 2.24) is 5.32 Å². The second-order valence-electron chi connectivity index (χ2n) is 2.35. The summed E-state index contributed by atoms with van der Waals surface area (Å²) in [5.74, 6) is 0. The third-order valence-electron chi connectivity index (χ3n) is 1.32. The van der Waals surface area contributed by atoms with Gasteiger partial charge >= 0.3 is 0 Å². The second-order valence-corrected chi connectivity index (χ2v) is 2.35. The minimum Gasteiger partial charge on any atom is -0.391 e. The largest absolute Gasteiger partial charge is 0.391 e. The Kier molecular flexibility index (Phi) is 3.50. The van der Waals surface area contributed by atoms with E-state index in [0.29, 0.717) is 0 Å². The van der Waals surface area contributed by atoms with Crippen LogP contribution in [-0.2, 0) is 0 Å². The molecule has 9 heavy (non-hydrogen) atoms. The molecule has 0 unspecified atom stereocenters. The predicted molar refractivity (Wildman–Crippen MR) is 39.3 cm³/mol. The van der Waals surface area contributed by atoms with E-state index in [1.54, 1.807) is 6.92 Å². The van der Waals surface area contributed by atoms with E-state index in [0.717, 1.165) is 5.57 Å². The Labute approximate surface area is 56.6 Å². The minimum absolute atomic E-state index is 0.0324. The Balaban J connectivity index is 3.83. The molecule has 2 nitrogen and oxygen atoms in total. The summed E-state index contributed by atoms with van der Waals surface area (Å²) in [5, 5.41) is 12.0. The van der Waals surface area contributed by atoms with Gasteiger partial charge in [-0.05, 0) is 20.9 Å². The Morgan fingerprint density at radius 3 is 2.11 bits per heavy atom. The molecule has 0 rings (SSSR count). The minimum atomic E-state index is -0.354. The number of rotatable bonds is 3. The second kappa shape index (κ2) is 3.64. The summed E-state index contributed by atoms with van der Waals surface area (Å²) < 4.78 is 0. The first kappa shape index (κ1) is 8.66. The fraction of sp³-hybridized carbons (Fsp3) is 0.714. The summed E-state index contributed by atoms with van der Waals surface area (Å²) >= 11 is 0. The average Bonchev–Trinajstić information content (AvgIpc) is 1.64. The quantitative estimate of drug-likeness (QED) is 0.545. The van der Waals surface area contributed by atoms with Gasteiger partial charge in [0.25, 0.3) is 0 Å². The standard InChI is InChI=1S/C7H15NO/c1-5(2)7(8-4)6(3)9/h6-9H,1H2,2-4H3/t6-,7+/m0/s1. The molecule has 0 aliphatic heterocycles. The van der Waals surface area contributed by atoms with Crippen LogP contribution in [0.4, 0.5) is 0 Å². The van der Waals surface area contributed by atoms with E-state index < -0.39 is 0 Å². The Bertz CT molecular complexity index is 99.1. The van der Waals surface area contributed by atoms with Gasteiger partial charge in [-0.25, -0.2) is 0 Å². The zero-order chi connectivity index (χ0) is 7.44. The van der Waals surface area contributed by atoms with E-state index in [2.05, 4.69) is 11.9 Å². The zero-order valence-electron chi connectivity index (χ0n) is 6.31. The first-order chi connectivity index (χ1) is 4.09. The van der Waals surface area contributed by atoms with Crippen molar-refractivity contribution in [2.24, 2.45) is 0 Å². The normalized spacial score (nSPS) is 16.9. The summed E-state index contributed by atoms with van der Waals surface area (Å²) in [7, 11) is 1.81. The van der Waals surface area contributed by atoms with Gasteiger partial charge < -0.3 is 10.4 Å². The zero-order valence-corrected chi connectivity index (χ0v) is 6.31. The van der Waals surface area contributed by atoms with Crippen molar-refractivity contribution in [3.05, 3.63) is 12.2 Å². The molecule has 0 aliphatic rings. The molecule has 54 valence electrons. The molecule has 2 N–H and O–H groups in total. The molecule has 0 aromatic carbocycles. The van der Waals surface area contributed by atoms with Gasteiger partial charge in [0, 0.05) is 0 Å². The Hall–Kier alpha value is -0.340. The Morgan fingerprint density at radius 2 is 2.11 bits per heavy atom. The van der Waals surface area contributed by atoms with Gasteiger partial charge in [-0.15, -0.1) is 0 Å². The van der Waals surface area contributed by atoms with E-state index >= 15 is 0 Å². The van der Waals surface area contributed by atoms with E-state index in [9.17, 15) is 0 Å². The van der Waals surface area contributed by atoms with E-state index in [4.69, 9.17) is 5.11 Å². The highest BCUT2D eigenvalue weighted by Crippen LogP contribution is 2.01. The van der Waals surface area contributed by atoms with Crippen LogP contribution in [0.3, 0.4) is 0 Å². The maximum absolute atomic E-state index is 9.06. The van der Waals surface area contributed by atoms with Gasteiger partial charge in [-0.1, -0.05) is 12.2 Å². The molecule has 0 fully saturated rings. The fourth-order valence-electron chi connectivity index (χ4n) is 0.899. The molecule has 0 radical (unpaired) electrons. The van der Waals surface area contributed by atoms with Crippen LogP contribution in [0.1, 0.15) is 13.8 Å². The maximum Gasteiger partial charge on any atom is 0.0703 e. The highest BCUT2D eigenvalue weighted by Gasteiger charge is 2.11. The molecular formula is C7H15NO. The van der Waals surface area contributed by atoms with Crippen LogP contribution in [0.2, 0.25) is 0 Å². The number of hydrogen-bond acceptors (Lipinski definition) is 2. The summed E-state index contributed by atoms with van der Waals surface area (Å²) in [6, 6.07) is 0.0324. The average molecular weight is 129 g/mol. The van der Waals surface area contributed by atoms with Gasteiger partial charge in [0.1, 0.15) is 0 Å². The van der Waals surface area contributed by atoms with Crippen LogP contribution in [0, 0.1) is 0 Å². The lowest BCUT2D eigenvalue weighted by atomic mass is 10.1. The van der Waals surface area contributed by atoms with E-state index in [1.807, 2.05) is 14.0 Å². The lowest BCUT2D eigenvalue weighted by Crippen LogP contribution is -2.36. The first-order valence-corrected chi connectivity index (χ1v) is 3.10. The van der Waals surface area contributed by atoms with Gasteiger partial charge in [0.2, 0.25) is 0 Å². The van der Waals surface area contributed by atoms with Gasteiger partial charge in [-0.2, -0.15) is 0 Å². The van der Waals surface area contributed by atoms with Gasteiger partial charge in [0.05, 0.1) is 12.1 Å². The monoisotopic (exact) mass is 129 g/mol. The van der Waals surface area contributed by atoms with Crippen molar-refractivity contribution in [1.29, 1.82) is 0 Å². The van der Waals surface area contributed by atoms with Crippen LogP contribution >= 0.6 is 0 Å². The SMILES string of the molecule is C=C(C)[C@@H](NC)[C@H](C)O. The molecule has 0 saturated heterocycles. The van der Waals surface area contributed by atoms with Crippen LogP contribution < -0.4 is 5.32 Å². The Morgan fingerprint density at radius 1 is 1.67 bits per heavy atom. The molecule has 0 aromatic rings. The van der Waals surface area contributed by atoms with Gasteiger partial charge in [-0.3, -0.25) is 0 Å². The smallest absolute Gasteiger partial charge is 0.0703 e. The molecule has 0 aromatic heterocycles. The summed E-state index contributed by atoms with van der Waals surface area (Å²) in [5.41, 5.74) is 0.965. The van der Waals surface area contributed by atoms with Crippen LogP contribution in [0.15, 0.2) is 12.2 Å². The van der Waals surface area contributed by atoms with Crippen LogP contribution in [0.5, 0.6) is 0 Å². The number of nitrogens with one attached hydrogen (secondary N) is 1. The fourth-order valence-corrected chi connectivity index (χ4v) is 0.899. The molecule has 0 heterocycles. The lowest BCUT2D eigenvalue weighted by molar-refractivity contribution is 0.164. The molecule has 0 spiro atoms. The van der Waals surface area contributed by atoms with E-state index in [-0.39, 0.29) is 12.1 Å². The molecule has 2 atom stereocenters. The van der Waals surface area contributed by atoms with Crippen molar-refractivity contribution < 1.29 is 5.11 Å². The van der Waals surface area contributed by atoms with Crippen molar-refractivity contribution >= 4 is 0 Å². The van der Waals surface area contributed by atoms with Crippen molar-refractivity contribution in [3.8, 4) is 0 Å². The summed E-state index contributed by atoms with van der Waals surface area (Å²) in [4.78, 5) is 0. The molecular weight excluding hydrogens is 114 g/mol. The summed E-state index contributed by atoms with van der Waals surface area (Å²) in [6.07, 6.45) is -0.354. The number of aliphatic hydroxyl groups is 1. The van der Waals surface area contributed by atoms with Crippen LogP contribution in [-0.4, -0.2) is 24.3 Å². The number of likely N-dealkylation sites (N-methyl/N-ethyl adjacent to an activating group) is 1. The highest BCUT2D eigenvalue weighted by molar-refractivity contribution is 5.03. The van der Waals surface area contributed by atoms with Crippen molar-refractivity contribution in [2.45, 2.75) is 26.0 Å². The molecule has 0 saturated carbocycles. The maximum atomic E-state index is 9.06. The predicted octanol–water partition coefficient (Wildman–Crippen LogP) is 0.531. The van der Waals surface area contributed by atoms with Crippen molar-refractivity contribution in [2.75, 3.05) is 7.05 Å². The van der Waals surface area contributed by atoms with Crippen molar-refractivity contribution in [3.63, 3.8) is 0 Å². The van der Waals surface area contributed by atoms with Crippen LogP contribution in [0.25, 0.3) is 0 Å². The topological polar surface area (TPSA) is 32.3 Å².